The molecule has 0 saturated heterocycles. The first-order chi connectivity index (χ1) is 4.91. The maximum Gasteiger partial charge on any atom is 2.00 e. The quantitative estimate of drug-likeness (QED) is 0.465. The summed E-state index contributed by atoms with van der Waals surface area (Å²) in [5, 5.41) is 0. The van der Waals surface area contributed by atoms with Gasteiger partial charge in [0.1, 0.15) is 0 Å². The predicted molar refractivity (Wildman–Crippen MR) is 45.7 cm³/mol. The van der Waals surface area contributed by atoms with E-state index < -0.39 is 0 Å². The van der Waals surface area contributed by atoms with Gasteiger partial charge in [0.05, 0.1) is 0 Å². The molecule has 0 heterocycles. The molecular weight excluding hydrogens is 172 g/mol. The molecular formula is C10H12Cr. The van der Waals surface area contributed by atoms with Gasteiger partial charge in [-0.2, -0.15) is 24.3 Å². The van der Waals surface area contributed by atoms with Crippen LogP contribution in [-0.2, 0) is 17.4 Å². The molecule has 0 spiro atoms. The Hall–Kier alpha value is -0.638. The van der Waals surface area contributed by atoms with Crippen molar-refractivity contribution in [2.75, 3.05) is 0 Å². The maximum atomic E-state index is 4.93. The first-order valence-corrected chi connectivity index (χ1v) is 3.24. The summed E-state index contributed by atoms with van der Waals surface area (Å²) in [5.41, 5.74) is 0. The third kappa shape index (κ3) is 12.5. The van der Waals surface area contributed by atoms with Crippen LogP contribution >= 0.6 is 0 Å². The van der Waals surface area contributed by atoms with E-state index in [2.05, 4.69) is 0 Å². The van der Waals surface area contributed by atoms with E-state index in [1.54, 1.807) is 6.08 Å². The summed E-state index contributed by atoms with van der Waals surface area (Å²) >= 11 is 0. The Labute approximate surface area is 79.7 Å². The van der Waals surface area contributed by atoms with Gasteiger partial charge in [-0.25, -0.2) is 24.3 Å². The van der Waals surface area contributed by atoms with Crippen LogP contribution < -0.4 is 0 Å². The second kappa shape index (κ2) is 12.1. The van der Waals surface area contributed by atoms with Crippen molar-refractivity contribution in [3.63, 3.8) is 0 Å². The van der Waals surface area contributed by atoms with Crippen molar-refractivity contribution in [2.24, 2.45) is 0 Å². The van der Waals surface area contributed by atoms with E-state index >= 15 is 0 Å². The van der Waals surface area contributed by atoms with E-state index in [0.29, 0.717) is 0 Å². The Morgan fingerprint density at radius 3 is 1.91 bits per heavy atom. The summed E-state index contributed by atoms with van der Waals surface area (Å²) in [4.78, 5) is 0. The van der Waals surface area contributed by atoms with Crippen LogP contribution in [0.15, 0.2) is 48.6 Å². The minimum Gasteiger partial charge on any atom is -0.293 e. The molecule has 11 heavy (non-hydrogen) atoms. The minimum absolute atomic E-state index is 0. The molecule has 0 aliphatic carbocycles. The Morgan fingerprint density at radius 1 is 1.27 bits per heavy atom. The molecule has 1 aromatic carbocycles. The van der Waals surface area contributed by atoms with Gasteiger partial charge < -0.3 is 0 Å². The van der Waals surface area contributed by atoms with E-state index in [-0.39, 0.29) is 17.4 Å². The van der Waals surface area contributed by atoms with E-state index in [9.17, 15) is 0 Å². The molecule has 0 aromatic heterocycles. The van der Waals surface area contributed by atoms with Gasteiger partial charge in [-0.1, -0.05) is 6.92 Å². The van der Waals surface area contributed by atoms with E-state index in [4.69, 9.17) is 6.58 Å². The number of allylic oxidation sites excluding steroid dienone is 3. The van der Waals surface area contributed by atoms with Crippen LogP contribution in [-0.4, -0.2) is 0 Å². The number of hydrogen-bond acceptors (Lipinski definition) is 0. The first-order valence-electron chi connectivity index (χ1n) is 3.24. The van der Waals surface area contributed by atoms with Gasteiger partial charge in [0.15, 0.2) is 0 Å². The fraction of sp³-hybridized carbons (Fsp3) is 0.100. The molecule has 0 saturated carbocycles. The zero-order valence-electron chi connectivity index (χ0n) is 6.60. The minimum atomic E-state index is 0. The van der Waals surface area contributed by atoms with Crippen molar-refractivity contribution >= 4 is 0 Å². The van der Waals surface area contributed by atoms with Crippen LogP contribution in [0.1, 0.15) is 6.92 Å². The van der Waals surface area contributed by atoms with Gasteiger partial charge in [-0.3, -0.25) is 6.58 Å². The van der Waals surface area contributed by atoms with Crippen LogP contribution in [0.2, 0.25) is 0 Å². The SMILES string of the molecule is [CH-]=CC=CC.[Cr+2].c1cc[cH-]c1. The summed E-state index contributed by atoms with van der Waals surface area (Å²) in [6.07, 6.45) is 5.15. The first kappa shape index (κ1) is 13.0. The van der Waals surface area contributed by atoms with E-state index in [0.717, 1.165) is 0 Å². The van der Waals surface area contributed by atoms with E-state index in [1.807, 2.05) is 43.3 Å². The fourth-order valence-electron chi connectivity index (χ4n) is 0.432. The second-order valence-electron chi connectivity index (χ2n) is 1.68. The van der Waals surface area contributed by atoms with Crippen molar-refractivity contribution in [3.8, 4) is 0 Å². The molecule has 0 unspecified atom stereocenters. The van der Waals surface area contributed by atoms with Crippen molar-refractivity contribution in [1.29, 1.82) is 0 Å². The van der Waals surface area contributed by atoms with Gasteiger partial charge in [0.25, 0.3) is 0 Å². The molecule has 0 bridgehead atoms. The largest absolute Gasteiger partial charge is 2.00 e. The molecule has 58 valence electrons. The monoisotopic (exact) mass is 184 g/mol. The summed E-state index contributed by atoms with van der Waals surface area (Å²) < 4.78 is 0. The zero-order valence-corrected chi connectivity index (χ0v) is 7.88. The van der Waals surface area contributed by atoms with Crippen LogP contribution in [0.4, 0.5) is 0 Å². The molecule has 0 radical (unpaired) electrons. The molecule has 1 heteroatoms. The molecule has 0 amide bonds. The van der Waals surface area contributed by atoms with Crippen molar-refractivity contribution < 1.29 is 17.4 Å². The van der Waals surface area contributed by atoms with Crippen LogP contribution in [0.5, 0.6) is 0 Å². The topological polar surface area (TPSA) is 0 Å². The van der Waals surface area contributed by atoms with Crippen LogP contribution in [0, 0.1) is 6.58 Å². The fourth-order valence-corrected chi connectivity index (χ4v) is 0.432. The average Bonchev–Trinajstić information content (AvgIpc) is 2.44. The summed E-state index contributed by atoms with van der Waals surface area (Å²) in [6, 6.07) is 10.0. The predicted octanol–water partition coefficient (Wildman–Crippen LogP) is 2.95. The average molecular weight is 184 g/mol. The molecule has 0 N–H and O–H groups in total. The van der Waals surface area contributed by atoms with Crippen LogP contribution in [0.3, 0.4) is 0 Å². The Balaban J connectivity index is 0. The van der Waals surface area contributed by atoms with Crippen molar-refractivity contribution in [3.05, 3.63) is 55.1 Å². The normalized spacial score (nSPS) is 7.73. The molecule has 0 aliphatic rings. The third-order valence-electron chi connectivity index (χ3n) is 0.859. The van der Waals surface area contributed by atoms with Gasteiger partial charge in [-0.05, 0) is 0 Å². The Kier molecular flexibility index (Phi) is 14.3. The summed E-state index contributed by atoms with van der Waals surface area (Å²) in [7, 11) is 0. The van der Waals surface area contributed by atoms with Crippen molar-refractivity contribution in [2.45, 2.75) is 6.92 Å². The van der Waals surface area contributed by atoms with Crippen molar-refractivity contribution in [1.82, 2.24) is 0 Å². The third-order valence-corrected chi connectivity index (χ3v) is 0.859. The molecule has 0 nitrogen and oxygen atoms in total. The molecule has 0 atom stereocenters. The smallest absolute Gasteiger partial charge is 0.293 e. The van der Waals surface area contributed by atoms with Gasteiger partial charge >= 0.3 is 17.4 Å². The van der Waals surface area contributed by atoms with E-state index in [1.165, 1.54) is 6.08 Å². The molecule has 1 aromatic rings. The number of rotatable bonds is 1. The summed E-state index contributed by atoms with van der Waals surface area (Å²) in [6.45, 7) is 6.85. The standard InChI is InChI=1S/C5H5.C5H7.Cr/c1-2-4-5-3-1;1-3-5-4-2;/h1-5H;1,3-5H,2H3;/q2*-1;+2. The Morgan fingerprint density at radius 2 is 1.82 bits per heavy atom. The molecule has 1 rings (SSSR count). The molecule has 0 aliphatic heterocycles. The van der Waals surface area contributed by atoms with Gasteiger partial charge in [0, 0.05) is 0 Å². The maximum absolute atomic E-state index is 4.93. The zero-order chi connectivity index (χ0) is 7.66. The van der Waals surface area contributed by atoms with Gasteiger partial charge in [0.2, 0.25) is 0 Å². The number of hydrogen-bond donors (Lipinski definition) is 0. The second-order valence-corrected chi connectivity index (χ2v) is 1.68. The van der Waals surface area contributed by atoms with Crippen LogP contribution in [0.25, 0.3) is 0 Å². The Bertz CT molecular complexity index is 144. The van der Waals surface area contributed by atoms with Gasteiger partial charge in [-0.15, -0.1) is 0 Å². The summed E-state index contributed by atoms with van der Waals surface area (Å²) in [5.74, 6) is 0. The molecule has 0 fully saturated rings.